The van der Waals surface area contributed by atoms with Crippen LogP contribution in [0.5, 0.6) is 17.2 Å². The number of rotatable bonds is 10. The summed E-state index contributed by atoms with van der Waals surface area (Å²) in [5.74, 6) is 2.05. The average Bonchev–Trinajstić information content (AvgIpc) is 3.41. The highest BCUT2D eigenvalue weighted by atomic mass is 32.1. The Kier molecular flexibility index (Phi) is 7.84. The van der Waals surface area contributed by atoms with Gasteiger partial charge in [0.25, 0.3) is 5.91 Å². The van der Waals surface area contributed by atoms with Crippen LogP contribution in [0.1, 0.15) is 18.9 Å². The summed E-state index contributed by atoms with van der Waals surface area (Å²) in [6.07, 6.45) is 4.82. The van der Waals surface area contributed by atoms with Crippen molar-refractivity contribution in [3.8, 4) is 17.2 Å². The van der Waals surface area contributed by atoms with Crippen LogP contribution in [0.15, 0.2) is 84.7 Å². The van der Waals surface area contributed by atoms with Crippen molar-refractivity contribution in [2.24, 2.45) is 0 Å². The Balaban J connectivity index is 1.36. The SMILES string of the molecule is CCOc1ccc(N2C(=O)/C(=C/c3cn(CCCOc4ccccc4OC)c4ccccc34)N(C)C2=S)cc1. The molecule has 1 saturated heterocycles. The first-order valence-electron chi connectivity index (χ1n) is 12.9. The van der Waals surface area contributed by atoms with Crippen molar-refractivity contribution < 1.29 is 19.0 Å². The van der Waals surface area contributed by atoms with Crippen LogP contribution in [0.2, 0.25) is 0 Å². The van der Waals surface area contributed by atoms with Gasteiger partial charge in [-0.05, 0) is 74.1 Å². The van der Waals surface area contributed by atoms with Gasteiger partial charge in [-0.15, -0.1) is 0 Å². The van der Waals surface area contributed by atoms with Gasteiger partial charge < -0.3 is 23.7 Å². The van der Waals surface area contributed by atoms with E-state index in [1.54, 1.807) is 16.9 Å². The molecule has 5 rings (SSSR count). The summed E-state index contributed by atoms with van der Waals surface area (Å²) >= 11 is 5.66. The van der Waals surface area contributed by atoms with Gasteiger partial charge in [-0.25, -0.2) is 0 Å². The number of aryl methyl sites for hydroxylation is 1. The number of likely N-dealkylation sites (N-methyl/N-ethyl adjacent to an activating group) is 1. The van der Waals surface area contributed by atoms with E-state index >= 15 is 0 Å². The first kappa shape index (κ1) is 26.3. The Bertz CT molecular complexity index is 1530. The smallest absolute Gasteiger partial charge is 0.281 e. The molecule has 2 heterocycles. The molecule has 1 aliphatic heterocycles. The van der Waals surface area contributed by atoms with Crippen molar-refractivity contribution in [3.63, 3.8) is 0 Å². The van der Waals surface area contributed by atoms with Crippen LogP contribution in [0.25, 0.3) is 17.0 Å². The molecule has 0 saturated carbocycles. The lowest BCUT2D eigenvalue weighted by atomic mass is 10.1. The van der Waals surface area contributed by atoms with Gasteiger partial charge >= 0.3 is 0 Å². The van der Waals surface area contributed by atoms with Crippen LogP contribution in [0, 0.1) is 0 Å². The van der Waals surface area contributed by atoms with Gasteiger partial charge in [0.15, 0.2) is 16.6 Å². The lowest BCUT2D eigenvalue weighted by Gasteiger charge is -2.16. The fraction of sp³-hybridized carbons (Fsp3) is 0.226. The van der Waals surface area contributed by atoms with Crippen molar-refractivity contribution in [2.75, 3.05) is 32.3 Å². The maximum Gasteiger partial charge on any atom is 0.281 e. The van der Waals surface area contributed by atoms with Gasteiger partial charge in [-0.1, -0.05) is 30.3 Å². The number of aromatic nitrogens is 1. The monoisotopic (exact) mass is 541 g/mol. The Morgan fingerprint density at radius 2 is 1.64 bits per heavy atom. The fourth-order valence-electron chi connectivity index (χ4n) is 4.72. The molecule has 39 heavy (non-hydrogen) atoms. The number of anilines is 1. The molecule has 1 amide bonds. The van der Waals surface area contributed by atoms with Crippen molar-refractivity contribution in [1.82, 2.24) is 9.47 Å². The van der Waals surface area contributed by atoms with Crippen LogP contribution in [0.3, 0.4) is 0 Å². The Morgan fingerprint density at radius 1 is 0.923 bits per heavy atom. The maximum absolute atomic E-state index is 13.5. The van der Waals surface area contributed by atoms with E-state index in [0.29, 0.717) is 29.7 Å². The predicted molar refractivity (Wildman–Crippen MR) is 158 cm³/mol. The zero-order valence-electron chi connectivity index (χ0n) is 22.3. The molecule has 0 unspecified atom stereocenters. The number of thiocarbonyl (C=S) groups is 1. The number of ether oxygens (including phenoxy) is 3. The highest BCUT2D eigenvalue weighted by Crippen LogP contribution is 2.31. The van der Waals surface area contributed by atoms with Gasteiger partial charge in [0, 0.05) is 36.3 Å². The number of methoxy groups -OCH3 is 1. The minimum absolute atomic E-state index is 0.159. The van der Waals surface area contributed by atoms with Crippen molar-refractivity contribution >= 4 is 45.9 Å². The van der Waals surface area contributed by atoms with Crippen LogP contribution >= 0.6 is 12.2 Å². The molecular formula is C31H31N3O4S. The second kappa shape index (κ2) is 11.6. The lowest BCUT2D eigenvalue weighted by Crippen LogP contribution is -2.31. The third kappa shape index (κ3) is 5.33. The van der Waals surface area contributed by atoms with E-state index in [1.807, 2.05) is 80.7 Å². The quantitative estimate of drug-likeness (QED) is 0.137. The van der Waals surface area contributed by atoms with E-state index in [-0.39, 0.29) is 5.91 Å². The van der Waals surface area contributed by atoms with Gasteiger partial charge in [-0.3, -0.25) is 9.69 Å². The molecule has 1 aliphatic rings. The highest BCUT2D eigenvalue weighted by molar-refractivity contribution is 7.80. The Hall–Kier alpha value is -4.30. The molecular weight excluding hydrogens is 510 g/mol. The van der Waals surface area contributed by atoms with Crippen molar-refractivity contribution in [3.05, 3.63) is 90.3 Å². The molecule has 200 valence electrons. The molecule has 7 nitrogen and oxygen atoms in total. The first-order valence-corrected chi connectivity index (χ1v) is 13.3. The molecule has 8 heteroatoms. The maximum atomic E-state index is 13.5. The molecule has 0 bridgehead atoms. The summed E-state index contributed by atoms with van der Waals surface area (Å²) in [5.41, 5.74) is 3.29. The standard InChI is InChI=1S/C31H31N3O4S/c1-4-37-24-16-14-23(15-17-24)34-30(35)27(32(2)31(34)39)20-22-21-33(26-11-6-5-10-25(22)26)18-9-19-38-29-13-8-7-12-28(29)36-3/h5-8,10-17,20-21H,4,9,18-19H2,1-3H3/b27-20-. The van der Waals surface area contributed by atoms with Crippen molar-refractivity contribution in [2.45, 2.75) is 19.9 Å². The minimum atomic E-state index is -0.159. The van der Waals surface area contributed by atoms with Crippen LogP contribution < -0.4 is 19.1 Å². The predicted octanol–water partition coefficient (Wildman–Crippen LogP) is 6.12. The number of fused-ring (bicyclic) bond motifs is 1. The zero-order valence-corrected chi connectivity index (χ0v) is 23.1. The molecule has 0 atom stereocenters. The Morgan fingerprint density at radius 3 is 2.38 bits per heavy atom. The second-order valence-corrected chi connectivity index (χ2v) is 9.45. The fourth-order valence-corrected chi connectivity index (χ4v) is 5.01. The third-order valence-electron chi connectivity index (χ3n) is 6.65. The number of carbonyl (C=O) groups excluding carboxylic acids is 1. The summed E-state index contributed by atoms with van der Waals surface area (Å²) in [6, 6.07) is 23.3. The molecule has 0 aliphatic carbocycles. The van der Waals surface area contributed by atoms with Gasteiger partial charge in [-0.2, -0.15) is 0 Å². The summed E-state index contributed by atoms with van der Waals surface area (Å²) in [6.45, 7) is 3.83. The summed E-state index contributed by atoms with van der Waals surface area (Å²) in [4.78, 5) is 16.9. The molecule has 0 spiro atoms. The largest absolute Gasteiger partial charge is 0.494 e. The second-order valence-electron chi connectivity index (χ2n) is 9.09. The summed E-state index contributed by atoms with van der Waals surface area (Å²) in [7, 11) is 3.47. The number of para-hydroxylation sites is 3. The minimum Gasteiger partial charge on any atom is -0.494 e. The number of hydrogen-bond donors (Lipinski definition) is 0. The molecule has 4 aromatic rings. The molecule has 0 N–H and O–H groups in total. The number of amides is 1. The summed E-state index contributed by atoms with van der Waals surface area (Å²) < 4.78 is 19.1. The number of hydrogen-bond acceptors (Lipinski definition) is 5. The molecule has 3 aromatic carbocycles. The number of benzene rings is 3. The summed E-state index contributed by atoms with van der Waals surface area (Å²) in [5, 5.41) is 1.51. The van der Waals surface area contributed by atoms with Gasteiger partial charge in [0.2, 0.25) is 0 Å². The molecule has 1 fully saturated rings. The first-order chi connectivity index (χ1) is 19.0. The van der Waals surface area contributed by atoms with Gasteiger partial charge in [0.05, 0.1) is 26.0 Å². The van der Waals surface area contributed by atoms with Gasteiger partial charge in [0.1, 0.15) is 11.4 Å². The van der Waals surface area contributed by atoms with Crippen LogP contribution in [-0.4, -0.2) is 47.9 Å². The Labute approximate surface area is 233 Å². The normalized spacial score (nSPS) is 14.5. The van der Waals surface area contributed by atoms with Crippen LogP contribution in [0.4, 0.5) is 5.69 Å². The topological polar surface area (TPSA) is 56.2 Å². The van der Waals surface area contributed by atoms with E-state index < -0.39 is 0 Å². The van der Waals surface area contributed by atoms with E-state index in [0.717, 1.165) is 46.7 Å². The highest BCUT2D eigenvalue weighted by Gasteiger charge is 2.37. The number of nitrogens with zero attached hydrogens (tertiary/aromatic N) is 3. The zero-order chi connectivity index (χ0) is 27.4. The van der Waals surface area contributed by atoms with E-state index in [2.05, 4.69) is 22.9 Å². The molecule has 0 radical (unpaired) electrons. The van der Waals surface area contributed by atoms with E-state index in [1.165, 1.54) is 0 Å². The van der Waals surface area contributed by atoms with E-state index in [4.69, 9.17) is 26.4 Å². The van der Waals surface area contributed by atoms with Crippen molar-refractivity contribution in [1.29, 1.82) is 0 Å². The number of carbonyl (C=O) groups is 1. The lowest BCUT2D eigenvalue weighted by molar-refractivity contribution is -0.114. The average molecular weight is 542 g/mol. The third-order valence-corrected chi connectivity index (χ3v) is 7.11. The molecule has 1 aromatic heterocycles. The van der Waals surface area contributed by atoms with Crippen LogP contribution in [-0.2, 0) is 11.3 Å². The van der Waals surface area contributed by atoms with E-state index in [9.17, 15) is 4.79 Å².